The number of rotatable bonds is 6. The lowest BCUT2D eigenvalue weighted by Gasteiger charge is -2.11. The van der Waals surface area contributed by atoms with Crippen LogP contribution in [0.15, 0.2) is 408 Å². The Balaban J connectivity index is 0.000000102. The Morgan fingerprint density at radius 3 is 0.810 bits per heavy atom. The molecule has 0 N–H and O–H groups in total. The van der Waals surface area contributed by atoms with Gasteiger partial charge in [-0.15, -0.1) is 0 Å². The van der Waals surface area contributed by atoms with Crippen molar-refractivity contribution >= 4 is 168 Å². The first kappa shape index (κ1) is 67.9. The molecule has 0 saturated heterocycles. The molecule has 0 unspecified atom stereocenters. The maximum absolute atomic E-state index is 14.3. The summed E-state index contributed by atoms with van der Waals surface area (Å²) in [5, 5.41) is 19.9. The molecule has 10 heterocycles. The zero-order chi connectivity index (χ0) is 80.0. The fourth-order valence-corrected chi connectivity index (χ4v) is 20.0. The number of para-hydroxylation sites is 3. The van der Waals surface area contributed by atoms with Gasteiger partial charge in [-0.1, -0.05) is 261 Å². The van der Waals surface area contributed by atoms with Crippen LogP contribution in [0, 0.1) is 0 Å². The normalized spacial score (nSPS) is 12.1. The topological polar surface area (TPSA) is 103 Å². The second-order valence-corrected chi connectivity index (χ2v) is 31.8. The van der Waals surface area contributed by atoms with Crippen LogP contribution >= 0.6 is 0 Å². The summed E-state index contributed by atoms with van der Waals surface area (Å²) >= 11 is 0. The van der Waals surface area contributed by atoms with Gasteiger partial charge in [0.25, 0.3) is 22.2 Å². The quantitative estimate of drug-likeness (QED) is 0.154. The summed E-state index contributed by atoms with van der Waals surface area (Å²) in [6.07, 6.45) is 3.51. The van der Waals surface area contributed by atoms with Crippen molar-refractivity contribution in [1.82, 2.24) is 27.0 Å². The first-order valence-electron chi connectivity index (χ1n) is 40.8. The van der Waals surface area contributed by atoms with E-state index in [9.17, 15) is 19.2 Å². The van der Waals surface area contributed by atoms with Crippen LogP contribution in [0.5, 0.6) is 0 Å². The van der Waals surface area contributed by atoms with Crippen LogP contribution in [0.1, 0.15) is 0 Å². The highest BCUT2D eigenvalue weighted by atomic mass is 16.1. The summed E-state index contributed by atoms with van der Waals surface area (Å²) in [6, 6.07) is 130. The second-order valence-electron chi connectivity index (χ2n) is 31.8. The molecule has 10 heteroatoms. The van der Waals surface area contributed by atoms with Crippen LogP contribution in [0.2, 0.25) is 0 Å². The van der Waals surface area contributed by atoms with Crippen LogP contribution in [0.3, 0.4) is 0 Å². The van der Waals surface area contributed by atoms with Gasteiger partial charge in [-0.3, -0.25) is 41.8 Å². The fourth-order valence-electron chi connectivity index (χ4n) is 20.0. The second kappa shape index (κ2) is 26.0. The fraction of sp³-hybridized carbons (Fsp3) is 0. The summed E-state index contributed by atoms with van der Waals surface area (Å²) in [7, 11) is 0. The molecule has 562 valence electrons. The number of nitrogens with zero attached hydrogens (tertiary/aromatic N) is 6. The Morgan fingerprint density at radius 1 is 0.149 bits per heavy atom. The molecule has 10 nitrogen and oxygen atoms in total. The number of fused-ring (bicyclic) bond motifs is 23. The van der Waals surface area contributed by atoms with Crippen LogP contribution < -0.4 is 22.2 Å². The van der Waals surface area contributed by atoms with Crippen molar-refractivity contribution in [3.05, 3.63) is 430 Å². The third kappa shape index (κ3) is 9.96. The predicted octanol–water partition coefficient (Wildman–Crippen LogP) is 25.9. The first-order chi connectivity index (χ1) is 59.7. The lowest BCUT2D eigenvalue weighted by molar-refractivity contribution is 1.20. The Hall–Kier alpha value is -16.4. The van der Waals surface area contributed by atoms with E-state index in [4.69, 9.17) is 0 Å². The van der Waals surface area contributed by atoms with Crippen LogP contribution in [0.25, 0.3) is 235 Å². The highest BCUT2D eigenvalue weighted by Crippen LogP contribution is 2.46. The molecule has 0 aliphatic carbocycles. The minimum Gasteiger partial charge on any atom is -0.306 e. The van der Waals surface area contributed by atoms with E-state index < -0.39 is 0 Å². The van der Waals surface area contributed by atoms with Crippen molar-refractivity contribution in [2.75, 3.05) is 0 Å². The van der Waals surface area contributed by atoms with E-state index in [2.05, 4.69) is 264 Å². The number of pyridine rings is 4. The van der Waals surface area contributed by atoms with Gasteiger partial charge in [0.2, 0.25) is 0 Å². The van der Waals surface area contributed by atoms with Gasteiger partial charge in [-0.25, -0.2) is 0 Å². The van der Waals surface area contributed by atoms with E-state index >= 15 is 0 Å². The van der Waals surface area contributed by atoms with Crippen molar-refractivity contribution < 1.29 is 0 Å². The zero-order valence-corrected chi connectivity index (χ0v) is 64.8. The Kier molecular flexibility index (Phi) is 14.6. The van der Waals surface area contributed by atoms with Crippen molar-refractivity contribution in [3.63, 3.8) is 0 Å². The molecule has 0 saturated carbocycles. The summed E-state index contributed by atoms with van der Waals surface area (Å²) < 4.78 is 9.91. The molecule has 0 aliphatic heterocycles. The van der Waals surface area contributed by atoms with Gasteiger partial charge < -0.3 is 4.40 Å². The molecule has 0 radical (unpaired) electrons. The van der Waals surface area contributed by atoms with Crippen molar-refractivity contribution in [1.29, 1.82) is 0 Å². The van der Waals surface area contributed by atoms with Crippen LogP contribution in [-0.2, 0) is 0 Å². The molecule has 0 amide bonds. The lowest BCUT2D eigenvalue weighted by atomic mass is 9.94. The molecular formula is C111H64N6O4. The van der Waals surface area contributed by atoms with Gasteiger partial charge in [-0.05, 0) is 193 Å². The van der Waals surface area contributed by atoms with Crippen molar-refractivity contribution in [2.45, 2.75) is 0 Å². The van der Waals surface area contributed by atoms with Crippen LogP contribution in [0.4, 0.5) is 0 Å². The van der Waals surface area contributed by atoms with E-state index in [0.29, 0.717) is 10.8 Å². The maximum Gasteiger partial charge on any atom is 0.265 e. The van der Waals surface area contributed by atoms with Crippen molar-refractivity contribution in [3.8, 4) is 66.8 Å². The standard InChI is InChI=1S/C44H24N2O2.C37H22N2O.C30H18N2O/c47-43-33-13-3-1-9-29(33)35-21-27(23-37-31-11-5-7-15-39(31)45(43)41(35)37)25-17-19-26(20-18-25)28-22-36-30-10-2-4-14-34(30)44(48)46-40-16-8-6-12-32(40)38(24-28)42(36)46;40-37-29-13-7-8-14-32(29)38-33-19-15-25(23-9-3-1-4-10-23)21-30(33)27-17-18-28-31-22-26(24-11-5-2-6-12-24)16-20-34(31)39(37)36(28)35(27)38;33-30-23-13-14-31-18-27(23)26-17-22(20-9-5-2-6-10-20)16-25-24-15-21(19-7-3-1-4-8-19)11-12-28(24)32(30)29(25)26/h1-24H;1-22H;1-18H. The van der Waals surface area contributed by atoms with Crippen LogP contribution in [-0.4, -0.2) is 27.0 Å². The SMILES string of the molecule is O=c1c2ccccc2c2cc(-c3ccc(-c4cc5c6ccccc6c(=O)n6c7ccccc7c(c4)c56)cc3)cc3c4ccccc4n1c23.O=c1c2ccccc2n2c3ccc(-c4ccccc4)cc3c3ccc4c5cc(-c6ccccc6)ccc5n1c4c32.O=c1c2ccncc2c2cc(-c3ccccc3)cc3c4cc(-c5ccccc5)ccc4n1c23. The summed E-state index contributed by atoms with van der Waals surface area (Å²) in [5.41, 5.74) is 24.5. The minimum atomic E-state index is -0.000165. The molecule has 0 atom stereocenters. The van der Waals surface area contributed by atoms with Gasteiger partial charge in [-0.2, -0.15) is 0 Å². The third-order valence-corrected chi connectivity index (χ3v) is 25.5. The first-order valence-corrected chi connectivity index (χ1v) is 40.8. The maximum atomic E-state index is 14.3. The molecule has 10 aromatic heterocycles. The van der Waals surface area contributed by atoms with Gasteiger partial charge in [0, 0.05) is 98.6 Å². The van der Waals surface area contributed by atoms with Gasteiger partial charge in [0.1, 0.15) is 0 Å². The molecule has 0 fully saturated rings. The molecule has 27 aromatic rings. The molecule has 0 aliphatic rings. The zero-order valence-electron chi connectivity index (χ0n) is 64.8. The van der Waals surface area contributed by atoms with E-state index in [1.165, 1.54) is 16.5 Å². The Bertz CT molecular complexity index is 9080. The summed E-state index contributed by atoms with van der Waals surface area (Å²) in [5.74, 6) is 0. The Labute approximate surface area is 687 Å². The average Bonchev–Trinajstić information content (AvgIpc) is 1.52. The van der Waals surface area contributed by atoms with E-state index in [-0.39, 0.29) is 22.2 Å². The van der Waals surface area contributed by atoms with E-state index in [1.54, 1.807) is 6.20 Å². The molecule has 0 spiro atoms. The molecule has 0 bridgehead atoms. The predicted molar refractivity (Wildman–Crippen MR) is 502 cm³/mol. The number of hydrogen-bond donors (Lipinski definition) is 0. The van der Waals surface area contributed by atoms with Gasteiger partial charge in [0.15, 0.2) is 0 Å². The largest absolute Gasteiger partial charge is 0.306 e. The molecule has 27 rings (SSSR count). The molecular weight excluding hydrogens is 1480 g/mol. The monoisotopic (exact) mass is 1540 g/mol. The van der Waals surface area contributed by atoms with Gasteiger partial charge >= 0.3 is 0 Å². The molecule has 17 aromatic carbocycles. The van der Waals surface area contributed by atoms with E-state index in [0.717, 1.165) is 208 Å². The number of aromatic nitrogens is 6. The van der Waals surface area contributed by atoms with E-state index in [1.807, 2.05) is 145 Å². The van der Waals surface area contributed by atoms with Gasteiger partial charge in [0.05, 0.1) is 71.5 Å². The third-order valence-electron chi connectivity index (χ3n) is 25.5. The molecule has 121 heavy (non-hydrogen) atoms. The number of hydrogen-bond acceptors (Lipinski definition) is 5. The highest BCUT2D eigenvalue weighted by molar-refractivity contribution is 6.27. The average molecular weight is 1550 g/mol. The smallest absolute Gasteiger partial charge is 0.265 e. The number of benzene rings is 17. The summed E-state index contributed by atoms with van der Waals surface area (Å²) in [4.78, 5) is 59.7. The lowest BCUT2D eigenvalue weighted by Crippen LogP contribution is -2.13. The minimum absolute atomic E-state index is 0.000165. The Morgan fingerprint density at radius 2 is 0.397 bits per heavy atom. The van der Waals surface area contributed by atoms with Crippen molar-refractivity contribution in [2.24, 2.45) is 0 Å². The highest BCUT2D eigenvalue weighted by Gasteiger charge is 2.26. The summed E-state index contributed by atoms with van der Waals surface area (Å²) in [6.45, 7) is 0.